The first-order chi connectivity index (χ1) is 13.6. The maximum absolute atomic E-state index is 12.5. The van der Waals surface area contributed by atoms with Gasteiger partial charge in [0.25, 0.3) is 5.91 Å². The molecule has 0 unspecified atom stereocenters. The number of carbonyl (C=O) groups is 1. The molecular weight excluding hydrogens is 372 g/mol. The van der Waals surface area contributed by atoms with Crippen LogP contribution in [0.2, 0.25) is 5.02 Å². The highest BCUT2D eigenvalue weighted by Crippen LogP contribution is 2.19. The number of amides is 1. The van der Waals surface area contributed by atoms with E-state index in [0.717, 1.165) is 12.1 Å². The molecule has 0 saturated carbocycles. The molecule has 150 valence electrons. The van der Waals surface area contributed by atoms with E-state index in [-0.39, 0.29) is 5.91 Å². The van der Waals surface area contributed by atoms with Crippen LogP contribution in [-0.4, -0.2) is 30.0 Å². The molecule has 3 rings (SSSR count). The lowest BCUT2D eigenvalue weighted by molar-refractivity contribution is -0.128. The fraction of sp³-hybridized carbons (Fsp3) is 0.435. The molecule has 1 aliphatic rings. The molecule has 0 radical (unpaired) electrons. The molecule has 2 aromatic rings. The fourth-order valence-corrected chi connectivity index (χ4v) is 3.65. The van der Waals surface area contributed by atoms with Gasteiger partial charge in [-0.05, 0) is 61.7 Å². The molecular formula is C23H29ClN2O2. The summed E-state index contributed by atoms with van der Waals surface area (Å²) in [6, 6.07) is 15.6. The lowest BCUT2D eigenvalue weighted by Crippen LogP contribution is -2.37. The van der Waals surface area contributed by atoms with E-state index in [1.165, 1.54) is 37.9 Å². The summed E-state index contributed by atoms with van der Waals surface area (Å²) in [4.78, 5) is 15.0. The van der Waals surface area contributed by atoms with Gasteiger partial charge in [0.05, 0.1) is 0 Å². The van der Waals surface area contributed by atoms with Crippen molar-refractivity contribution >= 4 is 17.5 Å². The lowest BCUT2D eigenvalue weighted by Gasteiger charge is -2.26. The zero-order chi connectivity index (χ0) is 19.8. The summed E-state index contributed by atoms with van der Waals surface area (Å²) in [5, 5.41) is 3.57. The molecule has 1 aliphatic heterocycles. The minimum absolute atomic E-state index is 0.111. The molecule has 4 nitrogen and oxygen atoms in total. The Bertz CT molecular complexity index is 757. The van der Waals surface area contributed by atoms with E-state index in [1.807, 2.05) is 19.1 Å². The number of nitrogens with one attached hydrogen (secondary N) is 1. The number of nitrogens with zero attached hydrogens (tertiary/aromatic N) is 1. The Morgan fingerprint density at radius 2 is 1.82 bits per heavy atom. The predicted molar refractivity (Wildman–Crippen MR) is 114 cm³/mol. The standard InChI is InChI=1S/C23H29ClN2O2/c1-2-22(28-21-8-6-7-20(24)15-21)23(27)25-16-18-9-11-19(12-10-18)17-26-13-4-3-5-14-26/h6-12,15,22H,2-5,13-14,16-17H2,1H3,(H,25,27)/t22-/m0/s1. The first-order valence-electron chi connectivity index (χ1n) is 10.1. The summed E-state index contributed by atoms with van der Waals surface area (Å²) in [7, 11) is 0. The van der Waals surface area contributed by atoms with Crippen LogP contribution in [0.25, 0.3) is 0 Å². The highest BCUT2D eigenvalue weighted by molar-refractivity contribution is 6.30. The highest BCUT2D eigenvalue weighted by Gasteiger charge is 2.18. The van der Waals surface area contributed by atoms with Gasteiger partial charge in [-0.15, -0.1) is 0 Å². The third-order valence-corrected chi connectivity index (χ3v) is 5.32. The van der Waals surface area contributed by atoms with Crippen LogP contribution >= 0.6 is 11.6 Å². The average molecular weight is 401 g/mol. The van der Waals surface area contributed by atoms with Gasteiger partial charge in [-0.25, -0.2) is 0 Å². The predicted octanol–water partition coefficient (Wildman–Crippen LogP) is 4.80. The second-order valence-electron chi connectivity index (χ2n) is 7.34. The fourth-order valence-electron chi connectivity index (χ4n) is 3.47. The Morgan fingerprint density at radius 3 is 2.50 bits per heavy atom. The molecule has 1 heterocycles. The number of carbonyl (C=O) groups excluding carboxylic acids is 1. The van der Waals surface area contributed by atoms with E-state index in [1.54, 1.807) is 12.1 Å². The van der Waals surface area contributed by atoms with Crippen LogP contribution in [0.1, 0.15) is 43.7 Å². The number of likely N-dealkylation sites (tertiary alicyclic amines) is 1. The third kappa shape index (κ3) is 6.25. The van der Waals surface area contributed by atoms with Crippen LogP contribution in [0.4, 0.5) is 0 Å². The Hall–Kier alpha value is -2.04. The van der Waals surface area contributed by atoms with Crippen molar-refractivity contribution in [1.29, 1.82) is 0 Å². The van der Waals surface area contributed by atoms with Crippen LogP contribution in [0.3, 0.4) is 0 Å². The first-order valence-corrected chi connectivity index (χ1v) is 10.5. The number of rotatable bonds is 8. The Kier molecular flexibility index (Phi) is 7.75. The minimum atomic E-state index is -0.531. The zero-order valence-corrected chi connectivity index (χ0v) is 17.3. The molecule has 0 spiro atoms. The molecule has 1 fully saturated rings. The summed E-state index contributed by atoms with van der Waals surface area (Å²) in [6.07, 6.45) is 4.03. The van der Waals surface area contributed by atoms with Crippen molar-refractivity contribution in [2.45, 2.75) is 51.8 Å². The normalized spacial score (nSPS) is 15.8. The second-order valence-corrected chi connectivity index (χ2v) is 7.78. The van der Waals surface area contributed by atoms with Crippen molar-refractivity contribution in [1.82, 2.24) is 10.2 Å². The molecule has 0 aliphatic carbocycles. The number of hydrogen-bond acceptors (Lipinski definition) is 3. The first kappa shape index (κ1) is 20.7. The van der Waals surface area contributed by atoms with Gasteiger partial charge < -0.3 is 10.1 Å². The maximum atomic E-state index is 12.5. The van der Waals surface area contributed by atoms with Crippen molar-refractivity contribution in [2.75, 3.05) is 13.1 Å². The van der Waals surface area contributed by atoms with Gasteiger partial charge in [-0.3, -0.25) is 9.69 Å². The number of piperidine rings is 1. The van der Waals surface area contributed by atoms with Crippen molar-refractivity contribution in [3.05, 3.63) is 64.7 Å². The molecule has 1 amide bonds. The monoisotopic (exact) mass is 400 g/mol. The summed E-state index contributed by atoms with van der Waals surface area (Å²) in [5.41, 5.74) is 2.42. The van der Waals surface area contributed by atoms with Crippen LogP contribution in [0.5, 0.6) is 5.75 Å². The molecule has 0 aromatic heterocycles. The SMILES string of the molecule is CC[C@H](Oc1cccc(Cl)c1)C(=O)NCc1ccc(CN2CCCCC2)cc1. The number of ether oxygens (including phenoxy) is 1. The van der Waals surface area contributed by atoms with Crippen LogP contribution in [-0.2, 0) is 17.9 Å². The molecule has 1 N–H and O–H groups in total. The quantitative estimate of drug-likeness (QED) is 0.692. The van der Waals surface area contributed by atoms with Gasteiger partial charge in [0.2, 0.25) is 0 Å². The molecule has 5 heteroatoms. The van der Waals surface area contributed by atoms with Crippen molar-refractivity contribution in [3.8, 4) is 5.75 Å². The van der Waals surface area contributed by atoms with Gasteiger partial charge in [0.15, 0.2) is 6.10 Å². The van der Waals surface area contributed by atoms with Crippen molar-refractivity contribution in [3.63, 3.8) is 0 Å². The zero-order valence-electron chi connectivity index (χ0n) is 16.5. The Morgan fingerprint density at radius 1 is 1.11 bits per heavy atom. The minimum Gasteiger partial charge on any atom is -0.481 e. The highest BCUT2D eigenvalue weighted by atomic mass is 35.5. The summed E-state index contributed by atoms with van der Waals surface area (Å²) in [5.74, 6) is 0.497. The van der Waals surface area contributed by atoms with Gasteiger partial charge in [0.1, 0.15) is 5.75 Å². The van der Waals surface area contributed by atoms with E-state index in [9.17, 15) is 4.79 Å². The molecule has 0 bridgehead atoms. The van der Waals surface area contributed by atoms with Gasteiger partial charge in [-0.2, -0.15) is 0 Å². The average Bonchev–Trinajstić information content (AvgIpc) is 2.72. The largest absolute Gasteiger partial charge is 0.481 e. The number of hydrogen-bond donors (Lipinski definition) is 1. The van der Waals surface area contributed by atoms with Crippen molar-refractivity contribution in [2.24, 2.45) is 0 Å². The van der Waals surface area contributed by atoms with E-state index in [2.05, 4.69) is 34.5 Å². The van der Waals surface area contributed by atoms with Gasteiger partial charge in [0, 0.05) is 18.1 Å². The Labute approximate surface area is 172 Å². The molecule has 1 atom stereocenters. The van der Waals surface area contributed by atoms with Crippen LogP contribution in [0, 0.1) is 0 Å². The van der Waals surface area contributed by atoms with E-state index < -0.39 is 6.10 Å². The Balaban J connectivity index is 1.48. The van der Waals surface area contributed by atoms with E-state index in [0.29, 0.717) is 23.7 Å². The maximum Gasteiger partial charge on any atom is 0.261 e. The number of halogens is 1. The molecule has 2 aromatic carbocycles. The van der Waals surface area contributed by atoms with Crippen molar-refractivity contribution < 1.29 is 9.53 Å². The second kappa shape index (κ2) is 10.5. The molecule has 28 heavy (non-hydrogen) atoms. The lowest BCUT2D eigenvalue weighted by atomic mass is 10.1. The summed E-state index contributed by atoms with van der Waals surface area (Å²) >= 11 is 5.98. The van der Waals surface area contributed by atoms with Gasteiger partial charge in [-0.1, -0.05) is 55.3 Å². The summed E-state index contributed by atoms with van der Waals surface area (Å²) in [6.45, 7) is 5.84. The van der Waals surface area contributed by atoms with E-state index in [4.69, 9.17) is 16.3 Å². The van der Waals surface area contributed by atoms with Crippen LogP contribution in [0.15, 0.2) is 48.5 Å². The van der Waals surface area contributed by atoms with Gasteiger partial charge >= 0.3 is 0 Å². The molecule has 1 saturated heterocycles. The summed E-state index contributed by atoms with van der Waals surface area (Å²) < 4.78 is 5.80. The third-order valence-electron chi connectivity index (χ3n) is 5.08. The van der Waals surface area contributed by atoms with E-state index >= 15 is 0 Å². The van der Waals surface area contributed by atoms with Crippen LogP contribution < -0.4 is 10.1 Å². The topological polar surface area (TPSA) is 41.6 Å². The smallest absolute Gasteiger partial charge is 0.261 e. The number of benzene rings is 2.